The van der Waals surface area contributed by atoms with Gasteiger partial charge in [0.15, 0.2) is 13.1 Å². The van der Waals surface area contributed by atoms with E-state index in [2.05, 4.69) is 18.3 Å². The lowest BCUT2D eigenvalue weighted by molar-refractivity contribution is -1.00. The third-order valence-corrected chi connectivity index (χ3v) is 6.87. The van der Waals surface area contributed by atoms with Crippen LogP contribution in [0.3, 0.4) is 0 Å². The SMILES string of the molecule is Cc1cccc(NC(=O)C[NH+]2CC[NH+](CC(=O)N(C)C3CCCCC3)CC2)c1C. The molecule has 1 heterocycles. The van der Waals surface area contributed by atoms with Gasteiger partial charge >= 0.3 is 0 Å². The molecule has 160 valence electrons. The van der Waals surface area contributed by atoms with Crippen LogP contribution in [0.5, 0.6) is 0 Å². The van der Waals surface area contributed by atoms with E-state index in [1.54, 1.807) is 0 Å². The summed E-state index contributed by atoms with van der Waals surface area (Å²) in [7, 11) is 1.98. The van der Waals surface area contributed by atoms with Crippen LogP contribution >= 0.6 is 0 Å². The Labute approximate surface area is 175 Å². The lowest BCUT2D eigenvalue weighted by atomic mass is 9.94. The van der Waals surface area contributed by atoms with Crippen molar-refractivity contribution in [1.29, 1.82) is 0 Å². The lowest BCUT2D eigenvalue weighted by Crippen LogP contribution is -3.28. The summed E-state index contributed by atoms with van der Waals surface area (Å²) in [5.41, 5.74) is 3.23. The molecule has 1 aliphatic heterocycles. The van der Waals surface area contributed by atoms with Crippen LogP contribution in [0.1, 0.15) is 43.2 Å². The third kappa shape index (κ3) is 6.03. The van der Waals surface area contributed by atoms with Crippen LogP contribution in [0, 0.1) is 13.8 Å². The number of likely N-dealkylation sites (N-methyl/N-ethyl adjacent to an activating group) is 1. The summed E-state index contributed by atoms with van der Waals surface area (Å²) in [5.74, 6) is 0.355. The van der Waals surface area contributed by atoms with Crippen molar-refractivity contribution in [2.75, 3.05) is 51.6 Å². The quantitative estimate of drug-likeness (QED) is 0.618. The summed E-state index contributed by atoms with van der Waals surface area (Å²) in [5, 5.41) is 3.07. The second-order valence-electron chi connectivity index (χ2n) is 8.95. The van der Waals surface area contributed by atoms with Crippen LogP contribution in [0.15, 0.2) is 18.2 Å². The van der Waals surface area contributed by atoms with Gasteiger partial charge in [0, 0.05) is 18.8 Å². The number of amides is 2. The number of quaternary nitrogens is 2. The fourth-order valence-corrected chi connectivity index (χ4v) is 4.63. The number of benzene rings is 1. The number of aryl methyl sites for hydroxylation is 1. The summed E-state index contributed by atoms with van der Waals surface area (Å²) in [4.78, 5) is 29.8. The number of carbonyl (C=O) groups excluding carboxylic acids is 2. The Hall–Kier alpha value is -1.92. The highest BCUT2D eigenvalue weighted by Gasteiger charge is 2.29. The second kappa shape index (κ2) is 10.2. The average Bonchev–Trinajstić information content (AvgIpc) is 2.73. The Balaban J connectivity index is 1.40. The smallest absolute Gasteiger partial charge is 0.279 e. The number of rotatable bonds is 6. The van der Waals surface area contributed by atoms with Gasteiger partial charge in [0.25, 0.3) is 11.8 Å². The number of nitrogens with zero attached hydrogens (tertiary/aromatic N) is 1. The molecule has 1 aromatic carbocycles. The van der Waals surface area contributed by atoms with E-state index in [-0.39, 0.29) is 11.8 Å². The first-order valence-corrected chi connectivity index (χ1v) is 11.2. The average molecular weight is 403 g/mol. The molecule has 0 atom stereocenters. The van der Waals surface area contributed by atoms with Crippen molar-refractivity contribution in [3.63, 3.8) is 0 Å². The van der Waals surface area contributed by atoms with Gasteiger partial charge in [-0.25, -0.2) is 0 Å². The minimum atomic E-state index is 0.0743. The number of nitrogens with one attached hydrogen (secondary N) is 3. The predicted molar refractivity (Wildman–Crippen MR) is 115 cm³/mol. The van der Waals surface area contributed by atoms with Gasteiger partial charge in [0.05, 0.1) is 0 Å². The Morgan fingerprint density at radius 3 is 2.28 bits per heavy atom. The molecule has 1 saturated carbocycles. The number of hydrogen-bond acceptors (Lipinski definition) is 2. The molecule has 29 heavy (non-hydrogen) atoms. The van der Waals surface area contributed by atoms with Crippen molar-refractivity contribution in [3.8, 4) is 0 Å². The van der Waals surface area contributed by atoms with Crippen LogP contribution in [0.4, 0.5) is 5.69 Å². The van der Waals surface area contributed by atoms with Gasteiger partial charge in [-0.15, -0.1) is 0 Å². The van der Waals surface area contributed by atoms with Gasteiger partial charge in [-0.1, -0.05) is 31.4 Å². The van der Waals surface area contributed by atoms with Gasteiger partial charge in [-0.2, -0.15) is 0 Å². The van der Waals surface area contributed by atoms with Crippen LogP contribution in [-0.4, -0.2) is 69.1 Å². The van der Waals surface area contributed by atoms with E-state index in [9.17, 15) is 9.59 Å². The molecule has 0 unspecified atom stereocenters. The lowest BCUT2D eigenvalue weighted by Gasteiger charge is -2.33. The molecule has 6 heteroatoms. The molecular weight excluding hydrogens is 364 g/mol. The summed E-state index contributed by atoms with van der Waals surface area (Å²) in [6, 6.07) is 6.45. The Morgan fingerprint density at radius 1 is 1.00 bits per heavy atom. The second-order valence-corrected chi connectivity index (χ2v) is 8.95. The molecule has 2 amide bonds. The number of hydrogen-bond donors (Lipinski definition) is 3. The van der Waals surface area contributed by atoms with Gasteiger partial charge < -0.3 is 20.0 Å². The maximum Gasteiger partial charge on any atom is 0.279 e. The molecule has 0 bridgehead atoms. The van der Waals surface area contributed by atoms with Crippen molar-refractivity contribution in [2.45, 2.75) is 52.0 Å². The van der Waals surface area contributed by atoms with Crippen LogP contribution in [0.2, 0.25) is 0 Å². The standard InChI is InChI=1S/C23H36N4O2/c1-18-8-7-11-21(19(18)2)24-22(28)16-26-12-14-27(15-13-26)17-23(29)25(3)20-9-5-4-6-10-20/h7-8,11,20H,4-6,9-10,12-17H2,1-3H3,(H,24,28)/p+2. The van der Waals surface area contributed by atoms with E-state index in [1.165, 1.54) is 34.6 Å². The highest BCUT2D eigenvalue weighted by molar-refractivity contribution is 5.92. The number of carbonyl (C=O) groups is 2. The fraction of sp³-hybridized carbons (Fsp3) is 0.652. The van der Waals surface area contributed by atoms with Crippen molar-refractivity contribution in [3.05, 3.63) is 29.3 Å². The number of anilines is 1. The van der Waals surface area contributed by atoms with Crippen molar-refractivity contribution in [2.24, 2.45) is 0 Å². The van der Waals surface area contributed by atoms with E-state index in [0.717, 1.165) is 50.3 Å². The maximum atomic E-state index is 12.7. The molecular formula is C23H38N4O2+2. The van der Waals surface area contributed by atoms with E-state index < -0.39 is 0 Å². The van der Waals surface area contributed by atoms with Crippen LogP contribution < -0.4 is 15.1 Å². The van der Waals surface area contributed by atoms with Crippen molar-refractivity contribution in [1.82, 2.24) is 4.90 Å². The van der Waals surface area contributed by atoms with Gasteiger partial charge in [-0.3, -0.25) is 9.59 Å². The molecule has 2 aliphatic rings. The molecule has 3 N–H and O–H groups in total. The highest BCUT2D eigenvalue weighted by Crippen LogP contribution is 2.21. The predicted octanol–water partition coefficient (Wildman–Crippen LogP) is -0.184. The highest BCUT2D eigenvalue weighted by atomic mass is 16.2. The van der Waals surface area contributed by atoms with E-state index in [1.807, 2.05) is 31.0 Å². The van der Waals surface area contributed by atoms with Crippen molar-refractivity contribution < 1.29 is 19.4 Å². The first-order chi connectivity index (χ1) is 13.9. The first-order valence-electron chi connectivity index (χ1n) is 11.2. The van der Waals surface area contributed by atoms with E-state index in [4.69, 9.17) is 0 Å². The van der Waals surface area contributed by atoms with E-state index >= 15 is 0 Å². The molecule has 0 spiro atoms. The van der Waals surface area contributed by atoms with Gasteiger partial charge in [-0.05, 0) is 43.9 Å². The first kappa shape index (κ1) is 21.8. The fourth-order valence-electron chi connectivity index (χ4n) is 4.63. The molecule has 6 nitrogen and oxygen atoms in total. The molecule has 3 rings (SSSR count). The minimum absolute atomic E-state index is 0.0743. The topological polar surface area (TPSA) is 58.3 Å². The van der Waals surface area contributed by atoms with Gasteiger partial charge in [0.2, 0.25) is 0 Å². The number of piperazine rings is 1. The molecule has 0 aromatic heterocycles. The monoisotopic (exact) mass is 402 g/mol. The normalized spacial score (nSPS) is 22.9. The zero-order chi connectivity index (χ0) is 20.8. The zero-order valence-electron chi connectivity index (χ0n) is 18.4. The van der Waals surface area contributed by atoms with Crippen LogP contribution in [-0.2, 0) is 9.59 Å². The Bertz CT molecular complexity index is 707. The summed E-state index contributed by atoms with van der Waals surface area (Å²) >= 11 is 0. The largest absolute Gasteiger partial charge is 0.338 e. The van der Waals surface area contributed by atoms with E-state index in [0.29, 0.717) is 19.1 Å². The molecule has 1 aliphatic carbocycles. The maximum absolute atomic E-state index is 12.7. The molecule has 1 aromatic rings. The Kier molecular flexibility index (Phi) is 7.67. The summed E-state index contributed by atoms with van der Waals surface area (Å²) < 4.78 is 0. The molecule has 1 saturated heterocycles. The van der Waals surface area contributed by atoms with Crippen LogP contribution in [0.25, 0.3) is 0 Å². The minimum Gasteiger partial charge on any atom is -0.338 e. The van der Waals surface area contributed by atoms with Gasteiger partial charge in [0.1, 0.15) is 26.2 Å². The summed E-state index contributed by atoms with van der Waals surface area (Å²) in [6.07, 6.45) is 6.13. The Morgan fingerprint density at radius 2 is 1.62 bits per heavy atom. The third-order valence-electron chi connectivity index (χ3n) is 6.87. The summed E-state index contributed by atoms with van der Waals surface area (Å²) in [6.45, 7) is 8.98. The zero-order valence-corrected chi connectivity index (χ0v) is 18.4. The van der Waals surface area contributed by atoms with Crippen molar-refractivity contribution >= 4 is 17.5 Å². The molecule has 2 fully saturated rings. The molecule has 0 radical (unpaired) electrons.